The average molecular weight is 288 g/mol. The van der Waals surface area contributed by atoms with Gasteiger partial charge < -0.3 is 15.4 Å². The third kappa shape index (κ3) is 2.48. The molecule has 0 aromatic heterocycles. The molecule has 2 amide bonds. The molecule has 0 saturated heterocycles. The summed E-state index contributed by atoms with van der Waals surface area (Å²) in [6.45, 7) is 3.46. The average Bonchev–Trinajstić information content (AvgIpc) is 2.93. The van der Waals surface area contributed by atoms with E-state index in [1.54, 1.807) is 6.07 Å². The van der Waals surface area contributed by atoms with Crippen molar-refractivity contribution in [3.63, 3.8) is 0 Å². The predicted molar refractivity (Wildman–Crippen MR) is 79.2 cm³/mol. The summed E-state index contributed by atoms with van der Waals surface area (Å²) < 4.78 is 5.73. The predicted octanol–water partition coefficient (Wildman–Crippen LogP) is 2.14. The Balaban J connectivity index is 1.82. The van der Waals surface area contributed by atoms with E-state index >= 15 is 0 Å². The van der Waals surface area contributed by atoms with Gasteiger partial charge in [-0.25, -0.2) is 0 Å². The number of anilines is 1. The Labute approximate surface area is 124 Å². The molecule has 0 spiro atoms. The van der Waals surface area contributed by atoms with Gasteiger partial charge in [0.2, 0.25) is 0 Å². The summed E-state index contributed by atoms with van der Waals surface area (Å²) in [6, 6.07) is 5.67. The lowest BCUT2D eigenvalue weighted by molar-refractivity contribution is -0.147. The first-order valence-electron chi connectivity index (χ1n) is 7.41. The fourth-order valence-corrected chi connectivity index (χ4v) is 2.88. The molecule has 2 aliphatic rings. The summed E-state index contributed by atoms with van der Waals surface area (Å²) in [6.07, 6.45) is 4.19. The van der Waals surface area contributed by atoms with E-state index < -0.39 is 11.5 Å². The van der Waals surface area contributed by atoms with Crippen LogP contribution in [0.2, 0.25) is 0 Å². The normalized spacial score (nSPS) is 25.0. The lowest BCUT2D eigenvalue weighted by atomic mass is 10.0. The van der Waals surface area contributed by atoms with Gasteiger partial charge in [-0.3, -0.25) is 9.59 Å². The van der Waals surface area contributed by atoms with Crippen LogP contribution in [-0.4, -0.2) is 23.5 Å². The molecule has 21 heavy (non-hydrogen) atoms. The van der Waals surface area contributed by atoms with Crippen molar-refractivity contribution in [1.82, 2.24) is 5.32 Å². The maximum Gasteiger partial charge on any atom is 0.278 e. The lowest BCUT2D eigenvalue weighted by Gasteiger charge is -2.34. The molecule has 1 fully saturated rings. The maximum atomic E-state index is 12.5. The first-order chi connectivity index (χ1) is 9.99. The first-order valence-corrected chi connectivity index (χ1v) is 7.41. The van der Waals surface area contributed by atoms with E-state index in [9.17, 15) is 9.59 Å². The van der Waals surface area contributed by atoms with Crippen molar-refractivity contribution in [1.29, 1.82) is 0 Å². The quantitative estimate of drug-likeness (QED) is 0.819. The minimum Gasteiger partial charge on any atom is -0.466 e. The Bertz CT molecular complexity index is 593. The van der Waals surface area contributed by atoms with Crippen LogP contribution in [0.25, 0.3) is 0 Å². The highest BCUT2D eigenvalue weighted by molar-refractivity contribution is 6.15. The SMILES string of the molecule is Cc1ccc2c(c1)NC(=O)[C@@](C)(C(=O)NC1CCCC1)O2. The van der Waals surface area contributed by atoms with E-state index in [2.05, 4.69) is 10.6 Å². The number of carbonyl (C=O) groups is 2. The van der Waals surface area contributed by atoms with Gasteiger partial charge in [-0.2, -0.15) is 0 Å². The minimum absolute atomic E-state index is 0.158. The van der Waals surface area contributed by atoms with Gasteiger partial charge in [0.15, 0.2) is 0 Å². The van der Waals surface area contributed by atoms with Crippen LogP contribution < -0.4 is 15.4 Å². The van der Waals surface area contributed by atoms with E-state index in [0.717, 1.165) is 31.2 Å². The van der Waals surface area contributed by atoms with Gasteiger partial charge in [0.25, 0.3) is 17.4 Å². The van der Waals surface area contributed by atoms with Crippen molar-refractivity contribution >= 4 is 17.5 Å². The number of fused-ring (bicyclic) bond motifs is 1. The van der Waals surface area contributed by atoms with Crippen LogP contribution in [0.5, 0.6) is 5.75 Å². The number of nitrogens with one attached hydrogen (secondary N) is 2. The molecule has 5 nitrogen and oxygen atoms in total. The van der Waals surface area contributed by atoms with E-state index in [1.807, 2.05) is 19.1 Å². The van der Waals surface area contributed by atoms with Crippen LogP contribution in [0.4, 0.5) is 5.69 Å². The highest BCUT2D eigenvalue weighted by atomic mass is 16.5. The van der Waals surface area contributed by atoms with E-state index in [0.29, 0.717) is 11.4 Å². The number of hydrogen-bond donors (Lipinski definition) is 2. The van der Waals surface area contributed by atoms with Crippen molar-refractivity contribution in [2.75, 3.05) is 5.32 Å². The summed E-state index contributed by atoms with van der Waals surface area (Å²) in [5.74, 6) is -0.251. The summed E-state index contributed by atoms with van der Waals surface area (Å²) in [5.41, 5.74) is 0.132. The van der Waals surface area contributed by atoms with E-state index in [1.165, 1.54) is 6.92 Å². The van der Waals surface area contributed by atoms with Gasteiger partial charge in [0.05, 0.1) is 5.69 Å². The van der Waals surface area contributed by atoms with Crippen LogP contribution in [0.15, 0.2) is 18.2 Å². The Hall–Kier alpha value is -2.04. The van der Waals surface area contributed by atoms with Crippen LogP contribution in [-0.2, 0) is 9.59 Å². The van der Waals surface area contributed by atoms with E-state index in [4.69, 9.17) is 4.74 Å². The summed E-state index contributed by atoms with van der Waals surface area (Å²) in [4.78, 5) is 24.8. The molecule has 1 heterocycles. The number of carbonyl (C=O) groups excluding carboxylic acids is 2. The largest absolute Gasteiger partial charge is 0.466 e. The van der Waals surface area contributed by atoms with Crippen LogP contribution in [0, 0.1) is 6.92 Å². The molecule has 3 rings (SSSR count). The van der Waals surface area contributed by atoms with Gasteiger partial charge in [-0.05, 0) is 44.4 Å². The standard InChI is InChI=1S/C16H20N2O3/c1-10-7-8-13-12(9-10)18-15(20)16(2,21-13)14(19)17-11-5-3-4-6-11/h7-9,11H,3-6H2,1-2H3,(H,17,19)(H,18,20)/t16-/m1/s1. The van der Waals surface area contributed by atoms with Crippen molar-refractivity contribution in [2.24, 2.45) is 0 Å². The lowest BCUT2D eigenvalue weighted by Crippen LogP contribution is -2.60. The molecule has 0 unspecified atom stereocenters. The van der Waals surface area contributed by atoms with Crippen molar-refractivity contribution in [3.8, 4) is 5.75 Å². The summed E-state index contributed by atoms with van der Waals surface area (Å²) >= 11 is 0. The van der Waals surface area contributed by atoms with Crippen LogP contribution in [0.3, 0.4) is 0 Å². The van der Waals surface area contributed by atoms with Crippen LogP contribution in [0.1, 0.15) is 38.2 Å². The monoisotopic (exact) mass is 288 g/mol. The second kappa shape index (κ2) is 5.06. The third-order valence-corrected chi connectivity index (χ3v) is 4.25. The molecule has 1 saturated carbocycles. The van der Waals surface area contributed by atoms with Gasteiger partial charge in [0.1, 0.15) is 5.75 Å². The number of benzene rings is 1. The molecule has 1 aliphatic carbocycles. The van der Waals surface area contributed by atoms with Crippen molar-refractivity contribution < 1.29 is 14.3 Å². The summed E-state index contributed by atoms with van der Waals surface area (Å²) in [5, 5.41) is 5.71. The number of ether oxygens (including phenoxy) is 1. The second-order valence-corrected chi connectivity index (χ2v) is 6.04. The molecule has 1 aromatic carbocycles. The highest BCUT2D eigenvalue weighted by Crippen LogP contribution is 2.34. The van der Waals surface area contributed by atoms with Gasteiger partial charge in [-0.15, -0.1) is 0 Å². The molecule has 112 valence electrons. The zero-order valence-corrected chi connectivity index (χ0v) is 12.4. The number of amides is 2. The van der Waals surface area contributed by atoms with Crippen molar-refractivity contribution in [3.05, 3.63) is 23.8 Å². The number of hydrogen-bond acceptors (Lipinski definition) is 3. The Morgan fingerprint density at radius 1 is 1.38 bits per heavy atom. The Kier molecular flexibility index (Phi) is 3.35. The molecule has 2 N–H and O–H groups in total. The van der Waals surface area contributed by atoms with E-state index in [-0.39, 0.29) is 11.9 Å². The van der Waals surface area contributed by atoms with Gasteiger partial charge >= 0.3 is 0 Å². The number of rotatable bonds is 2. The van der Waals surface area contributed by atoms with Gasteiger partial charge in [-0.1, -0.05) is 18.9 Å². The minimum atomic E-state index is -1.51. The number of aryl methyl sites for hydroxylation is 1. The summed E-state index contributed by atoms with van der Waals surface area (Å²) in [7, 11) is 0. The molecule has 0 bridgehead atoms. The molecule has 0 radical (unpaired) electrons. The molecule has 1 aliphatic heterocycles. The zero-order valence-electron chi connectivity index (χ0n) is 12.4. The Morgan fingerprint density at radius 2 is 2.10 bits per heavy atom. The molecule has 5 heteroatoms. The molecule has 1 aromatic rings. The first kappa shape index (κ1) is 13.9. The Morgan fingerprint density at radius 3 is 2.81 bits per heavy atom. The fourth-order valence-electron chi connectivity index (χ4n) is 2.88. The second-order valence-electron chi connectivity index (χ2n) is 6.04. The molecular weight excluding hydrogens is 268 g/mol. The third-order valence-electron chi connectivity index (χ3n) is 4.25. The fraction of sp³-hybridized carbons (Fsp3) is 0.500. The topological polar surface area (TPSA) is 67.4 Å². The highest BCUT2D eigenvalue weighted by Gasteiger charge is 2.47. The smallest absolute Gasteiger partial charge is 0.278 e. The van der Waals surface area contributed by atoms with Crippen LogP contribution >= 0.6 is 0 Å². The zero-order chi connectivity index (χ0) is 15.0. The molecule has 1 atom stereocenters. The molecular formula is C16H20N2O3. The van der Waals surface area contributed by atoms with Crippen molar-refractivity contribution in [2.45, 2.75) is 51.2 Å². The maximum absolute atomic E-state index is 12.5. The van der Waals surface area contributed by atoms with Gasteiger partial charge in [0, 0.05) is 6.04 Å².